The number of nitrogens with zero attached hydrogens (tertiary/aromatic N) is 1. The number of rotatable bonds is 5. The van der Waals surface area contributed by atoms with Crippen LogP contribution in [0.3, 0.4) is 0 Å². The van der Waals surface area contributed by atoms with Crippen molar-refractivity contribution in [1.29, 1.82) is 0 Å². The molecule has 0 amide bonds. The minimum absolute atomic E-state index is 0.327. The van der Waals surface area contributed by atoms with Crippen molar-refractivity contribution in [3.8, 4) is 0 Å². The topological polar surface area (TPSA) is 38.5 Å². The summed E-state index contributed by atoms with van der Waals surface area (Å²) in [7, 11) is 0. The number of benzene rings is 1. The monoisotopic (exact) mass is 278 g/mol. The molecule has 2 N–H and O–H groups in total. The summed E-state index contributed by atoms with van der Waals surface area (Å²) < 4.78 is 5.88. The van der Waals surface area contributed by atoms with Gasteiger partial charge >= 0.3 is 0 Å². The fraction of sp³-hybridized carbons (Fsp3) is 0.533. The lowest BCUT2D eigenvalue weighted by Crippen LogP contribution is -2.40. The summed E-state index contributed by atoms with van der Waals surface area (Å²) in [6, 6.07) is 8.10. The summed E-state index contributed by atoms with van der Waals surface area (Å²) in [5.41, 5.74) is 7.91. The Morgan fingerprint density at radius 3 is 3.00 bits per heavy atom. The number of nitrogens with two attached hydrogens (primary N) is 1. The van der Waals surface area contributed by atoms with Gasteiger partial charge in [-0.1, -0.05) is 31.3 Å². The third-order valence-electron chi connectivity index (χ3n) is 3.45. The van der Waals surface area contributed by atoms with Crippen molar-refractivity contribution in [2.24, 2.45) is 5.73 Å². The first kappa shape index (κ1) is 14.3. The van der Waals surface area contributed by atoms with Gasteiger partial charge in [-0.2, -0.15) is 0 Å². The summed E-state index contributed by atoms with van der Waals surface area (Å²) in [5.74, 6) is 0. The van der Waals surface area contributed by atoms with Gasteiger partial charge in [-0.15, -0.1) is 0 Å². The van der Waals surface area contributed by atoms with Gasteiger partial charge in [0.15, 0.2) is 0 Å². The van der Waals surface area contributed by atoms with Crippen LogP contribution < -0.4 is 10.6 Å². The molecular formula is C15H22N2OS. The average Bonchev–Trinajstić information content (AvgIpc) is 2.45. The van der Waals surface area contributed by atoms with Crippen LogP contribution in [0.2, 0.25) is 0 Å². The molecule has 1 atom stereocenters. The van der Waals surface area contributed by atoms with Crippen LogP contribution >= 0.6 is 12.2 Å². The van der Waals surface area contributed by atoms with E-state index in [1.165, 1.54) is 0 Å². The Hall–Kier alpha value is -1.13. The van der Waals surface area contributed by atoms with E-state index in [0.29, 0.717) is 11.1 Å². The maximum Gasteiger partial charge on any atom is 0.106 e. The van der Waals surface area contributed by atoms with Crippen LogP contribution in [0.1, 0.15) is 31.7 Å². The van der Waals surface area contributed by atoms with Crippen LogP contribution in [0.4, 0.5) is 5.69 Å². The molecule has 0 aliphatic carbocycles. The Balaban J connectivity index is 2.11. The molecule has 1 unspecified atom stereocenters. The molecule has 0 saturated carbocycles. The first-order valence-electron chi connectivity index (χ1n) is 6.97. The van der Waals surface area contributed by atoms with Crippen LogP contribution in [0.15, 0.2) is 24.3 Å². The van der Waals surface area contributed by atoms with Crippen molar-refractivity contribution in [3.63, 3.8) is 0 Å². The van der Waals surface area contributed by atoms with Gasteiger partial charge < -0.3 is 15.4 Å². The lowest BCUT2D eigenvalue weighted by molar-refractivity contribution is 0.0440. The highest BCUT2D eigenvalue weighted by atomic mass is 32.1. The molecule has 3 nitrogen and oxygen atoms in total. The molecular weight excluding hydrogens is 256 g/mol. The Bertz CT molecular complexity index is 436. The first-order chi connectivity index (χ1) is 9.22. The van der Waals surface area contributed by atoms with Gasteiger partial charge in [-0.3, -0.25) is 0 Å². The zero-order valence-corrected chi connectivity index (χ0v) is 12.3. The predicted molar refractivity (Wildman–Crippen MR) is 83.8 cm³/mol. The molecule has 2 rings (SSSR count). The molecule has 0 aromatic heterocycles. The van der Waals surface area contributed by atoms with Gasteiger partial charge in [-0.05, 0) is 31.4 Å². The largest absolute Gasteiger partial charge is 0.389 e. The third kappa shape index (κ3) is 3.67. The quantitative estimate of drug-likeness (QED) is 0.841. The van der Waals surface area contributed by atoms with E-state index in [0.717, 1.165) is 50.2 Å². The van der Waals surface area contributed by atoms with Crippen molar-refractivity contribution in [2.75, 3.05) is 24.6 Å². The van der Waals surface area contributed by atoms with Gasteiger partial charge in [0.05, 0.1) is 6.10 Å². The molecule has 0 bridgehead atoms. The SMILES string of the molecule is CCCOC1CCCN(c2ccccc2C(N)=S)C1. The molecule has 1 aromatic rings. The van der Waals surface area contributed by atoms with Gasteiger partial charge in [0.1, 0.15) is 4.99 Å². The van der Waals surface area contributed by atoms with Crippen molar-refractivity contribution in [2.45, 2.75) is 32.3 Å². The van der Waals surface area contributed by atoms with E-state index in [9.17, 15) is 0 Å². The second kappa shape index (κ2) is 6.87. The van der Waals surface area contributed by atoms with Crippen LogP contribution in [0.25, 0.3) is 0 Å². The van der Waals surface area contributed by atoms with Gasteiger partial charge in [0.25, 0.3) is 0 Å². The van der Waals surface area contributed by atoms with Crippen LogP contribution in [-0.4, -0.2) is 30.8 Å². The highest BCUT2D eigenvalue weighted by Gasteiger charge is 2.22. The van der Waals surface area contributed by atoms with Crippen LogP contribution in [0.5, 0.6) is 0 Å². The van der Waals surface area contributed by atoms with Crippen molar-refractivity contribution in [3.05, 3.63) is 29.8 Å². The van der Waals surface area contributed by atoms with E-state index in [2.05, 4.69) is 17.9 Å². The third-order valence-corrected chi connectivity index (χ3v) is 3.67. The lowest BCUT2D eigenvalue weighted by atomic mass is 10.0. The zero-order valence-electron chi connectivity index (χ0n) is 11.5. The average molecular weight is 278 g/mol. The Morgan fingerprint density at radius 2 is 2.26 bits per heavy atom. The summed E-state index contributed by atoms with van der Waals surface area (Å²) >= 11 is 5.14. The molecule has 1 aromatic carbocycles. The van der Waals surface area contributed by atoms with Crippen LogP contribution in [-0.2, 0) is 4.74 Å². The second-order valence-corrected chi connectivity index (χ2v) is 5.40. The molecule has 1 aliphatic heterocycles. The van der Waals surface area contributed by atoms with E-state index in [1.54, 1.807) is 0 Å². The zero-order chi connectivity index (χ0) is 13.7. The van der Waals surface area contributed by atoms with E-state index in [4.69, 9.17) is 22.7 Å². The van der Waals surface area contributed by atoms with Gasteiger partial charge in [0, 0.05) is 30.9 Å². The lowest BCUT2D eigenvalue weighted by Gasteiger charge is -2.35. The fourth-order valence-electron chi connectivity index (χ4n) is 2.54. The molecule has 1 aliphatic rings. The molecule has 1 heterocycles. The highest BCUT2D eigenvalue weighted by molar-refractivity contribution is 7.80. The number of para-hydroxylation sites is 1. The Morgan fingerprint density at radius 1 is 1.47 bits per heavy atom. The molecule has 19 heavy (non-hydrogen) atoms. The highest BCUT2D eigenvalue weighted by Crippen LogP contribution is 2.25. The first-order valence-corrected chi connectivity index (χ1v) is 7.38. The maximum absolute atomic E-state index is 5.88. The molecule has 0 radical (unpaired) electrons. The summed E-state index contributed by atoms with van der Waals surface area (Å²) in [4.78, 5) is 2.81. The number of thiocarbonyl (C=S) groups is 1. The van der Waals surface area contributed by atoms with Crippen molar-refractivity contribution < 1.29 is 4.74 Å². The smallest absolute Gasteiger partial charge is 0.106 e. The predicted octanol–water partition coefficient (Wildman–Crippen LogP) is 2.72. The van der Waals surface area contributed by atoms with Crippen molar-refractivity contribution >= 4 is 22.9 Å². The Kier molecular flexibility index (Phi) is 5.16. The number of hydrogen-bond acceptors (Lipinski definition) is 3. The normalized spacial score (nSPS) is 19.4. The summed E-state index contributed by atoms with van der Waals surface area (Å²) in [5, 5.41) is 0. The Labute approximate surface area is 120 Å². The van der Waals surface area contributed by atoms with E-state index >= 15 is 0 Å². The number of piperidine rings is 1. The molecule has 104 valence electrons. The molecule has 4 heteroatoms. The number of ether oxygens (including phenoxy) is 1. The summed E-state index contributed by atoms with van der Waals surface area (Å²) in [6.07, 6.45) is 3.69. The number of anilines is 1. The molecule has 1 saturated heterocycles. The van der Waals surface area contributed by atoms with E-state index in [-0.39, 0.29) is 0 Å². The van der Waals surface area contributed by atoms with Crippen LogP contribution in [0, 0.1) is 0 Å². The maximum atomic E-state index is 5.88. The van der Waals surface area contributed by atoms with E-state index in [1.807, 2.05) is 18.2 Å². The van der Waals surface area contributed by atoms with Gasteiger partial charge in [-0.25, -0.2) is 0 Å². The van der Waals surface area contributed by atoms with Crippen molar-refractivity contribution in [1.82, 2.24) is 0 Å². The molecule has 0 spiro atoms. The van der Waals surface area contributed by atoms with Gasteiger partial charge in [0.2, 0.25) is 0 Å². The number of hydrogen-bond donors (Lipinski definition) is 1. The van der Waals surface area contributed by atoms with E-state index < -0.39 is 0 Å². The standard InChI is InChI=1S/C15H22N2OS/c1-2-10-18-12-6-5-9-17(11-12)14-8-4-3-7-13(14)15(16)19/h3-4,7-8,12H,2,5-6,9-11H2,1H3,(H2,16,19). The minimum atomic E-state index is 0.327. The molecule has 1 fully saturated rings. The second-order valence-electron chi connectivity index (χ2n) is 4.96. The minimum Gasteiger partial charge on any atom is -0.389 e. The fourth-order valence-corrected chi connectivity index (χ4v) is 2.71. The summed E-state index contributed by atoms with van der Waals surface area (Å²) in [6.45, 7) is 4.96.